The highest BCUT2D eigenvalue weighted by Crippen LogP contribution is 2.42. The highest BCUT2D eigenvalue weighted by atomic mass is 35.5. The summed E-state index contributed by atoms with van der Waals surface area (Å²) in [5.41, 5.74) is 1.91. The number of nitriles is 1. The van der Waals surface area contributed by atoms with Crippen LogP contribution in [0.5, 0.6) is 0 Å². The molecule has 1 atom stereocenters. The summed E-state index contributed by atoms with van der Waals surface area (Å²) in [7, 11) is 0. The van der Waals surface area contributed by atoms with Crippen molar-refractivity contribution in [1.29, 1.82) is 5.26 Å². The van der Waals surface area contributed by atoms with Crippen LogP contribution in [0.2, 0.25) is 5.02 Å². The average molecular weight is 399 g/mol. The summed E-state index contributed by atoms with van der Waals surface area (Å²) < 4.78 is 2.84. The van der Waals surface area contributed by atoms with Crippen molar-refractivity contribution in [2.45, 2.75) is 51.0 Å². The monoisotopic (exact) mass is 398 g/mol. The van der Waals surface area contributed by atoms with Gasteiger partial charge in [-0.25, -0.2) is 4.98 Å². The van der Waals surface area contributed by atoms with Gasteiger partial charge in [0.15, 0.2) is 5.92 Å². The van der Waals surface area contributed by atoms with Gasteiger partial charge in [-0.3, -0.25) is 9.48 Å². The minimum atomic E-state index is -0.962. The van der Waals surface area contributed by atoms with Gasteiger partial charge in [-0.2, -0.15) is 10.4 Å². The molecule has 1 aliphatic carbocycles. The van der Waals surface area contributed by atoms with E-state index >= 15 is 0 Å². The van der Waals surface area contributed by atoms with Crippen molar-refractivity contribution in [2.75, 3.05) is 0 Å². The van der Waals surface area contributed by atoms with Gasteiger partial charge in [0.1, 0.15) is 10.7 Å². The number of rotatable bonds is 4. The zero-order chi connectivity index (χ0) is 19.3. The van der Waals surface area contributed by atoms with Crippen molar-refractivity contribution in [3.05, 3.63) is 45.7 Å². The lowest BCUT2D eigenvalue weighted by molar-refractivity contribution is 0.0972. The Bertz CT molecular complexity index is 1080. The van der Waals surface area contributed by atoms with Crippen LogP contribution in [-0.2, 0) is 5.54 Å². The summed E-state index contributed by atoms with van der Waals surface area (Å²) in [6, 6.07) is 9.37. The van der Waals surface area contributed by atoms with E-state index in [1.54, 1.807) is 12.1 Å². The number of nitrogens with zero attached hydrogens (tertiary/aromatic N) is 4. The first-order valence-corrected chi connectivity index (χ1v) is 10.1. The SMILES string of the molecule is CC(C)(C)n1nc(C(=O)C(C#N)c2nc3cc(Cl)ccc3s2)cc1C1CC1. The fraction of sp³-hybridized carbons (Fsp3) is 0.400. The zero-order valence-corrected chi connectivity index (χ0v) is 16.9. The molecule has 0 N–H and O–H groups in total. The van der Waals surface area contributed by atoms with Gasteiger partial charge < -0.3 is 0 Å². The lowest BCUT2D eigenvalue weighted by Crippen LogP contribution is -2.25. The summed E-state index contributed by atoms with van der Waals surface area (Å²) in [6.07, 6.45) is 2.24. The number of hydrogen-bond donors (Lipinski definition) is 0. The third-order valence-corrected chi connectivity index (χ3v) is 5.96. The zero-order valence-electron chi connectivity index (χ0n) is 15.4. The van der Waals surface area contributed by atoms with E-state index in [0.717, 1.165) is 23.2 Å². The molecule has 138 valence electrons. The smallest absolute Gasteiger partial charge is 0.207 e. The lowest BCUT2D eigenvalue weighted by atomic mass is 10.0. The third kappa shape index (κ3) is 3.38. The molecule has 0 amide bonds. The Kier molecular flexibility index (Phi) is 4.32. The Morgan fingerprint density at radius 3 is 2.74 bits per heavy atom. The molecule has 7 heteroatoms. The predicted octanol–water partition coefficient (Wildman–Crippen LogP) is 5.27. The second-order valence-corrected chi connectivity index (χ2v) is 9.40. The fourth-order valence-corrected chi connectivity index (χ4v) is 4.30. The molecule has 0 saturated heterocycles. The maximum Gasteiger partial charge on any atom is 0.207 e. The summed E-state index contributed by atoms with van der Waals surface area (Å²) in [5.74, 6) is -0.799. The van der Waals surface area contributed by atoms with E-state index in [9.17, 15) is 10.1 Å². The number of carbonyl (C=O) groups is 1. The van der Waals surface area contributed by atoms with Gasteiger partial charge in [-0.1, -0.05) is 11.6 Å². The van der Waals surface area contributed by atoms with E-state index in [2.05, 4.69) is 36.9 Å². The predicted molar refractivity (Wildman–Crippen MR) is 107 cm³/mol. The summed E-state index contributed by atoms with van der Waals surface area (Å²) >= 11 is 7.37. The van der Waals surface area contributed by atoms with Gasteiger partial charge in [0.25, 0.3) is 0 Å². The number of thiazole rings is 1. The maximum absolute atomic E-state index is 13.1. The van der Waals surface area contributed by atoms with Crippen LogP contribution in [0.15, 0.2) is 24.3 Å². The number of hydrogen-bond acceptors (Lipinski definition) is 5. The number of benzene rings is 1. The normalized spacial score (nSPS) is 15.7. The van der Waals surface area contributed by atoms with E-state index < -0.39 is 5.92 Å². The van der Waals surface area contributed by atoms with E-state index in [-0.39, 0.29) is 11.3 Å². The molecule has 2 heterocycles. The van der Waals surface area contributed by atoms with Crippen molar-refractivity contribution >= 4 is 38.9 Å². The number of aromatic nitrogens is 3. The standard InChI is InChI=1S/C20H19ClN4OS/c1-20(2,3)25-16(11-4-5-11)9-15(24-25)18(26)13(10-22)19-23-14-8-12(21)6-7-17(14)27-19/h6-9,11,13H,4-5H2,1-3H3. The summed E-state index contributed by atoms with van der Waals surface area (Å²) in [4.78, 5) is 17.6. The largest absolute Gasteiger partial charge is 0.290 e. The molecule has 0 aliphatic heterocycles. The molecule has 1 aromatic carbocycles. The van der Waals surface area contributed by atoms with E-state index in [1.165, 1.54) is 11.3 Å². The lowest BCUT2D eigenvalue weighted by Gasteiger charge is -2.22. The Morgan fingerprint density at radius 1 is 1.37 bits per heavy atom. The summed E-state index contributed by atoms with van der Waals surface area (Å²) in [6.45, 7) is 6.21. The van der Waals surface area contributed by atoms with Crippen LogP contribution in [0.3, 0.4) is 0 Å². The minimum Gasteiger partial charge on any atom is -0.290 e. The number of fused-ring (bicyclic) bond motifs is 1. The molecule has 0 radical (unpaired) electrons. The molecule has 1 fully saturated rings. The molecule has 5 nitrogen and oxygen atoms in total. The Morgan fingerprint density at radius 2 is 2.11 bits per heavy atom. The molecule has 3 aromatic rings. The van der Waals surface area contributed by atoms with Crippen LogP contribution >= 0.6 is 22.9 Å². The second-order valence-electron chi connectivity index (χ2n) is 7.90. The first-order chi connectivity index (χ1) is 12.8. The van der Waals surface area contributed by atoms with E-state index in [4.69, 9.17) is 11.6 Å². The van der Waals surface area contributed by atoms with Gasteiger partial charge in [0.2, 0.25) is 5.78 Å². The Hall–Kier alpha value is -2.23. The molecule has 2 aromatic heterocycles. The van der Waals surface area contributed by atoms with Crippen molar-refractivity contribution in [3.8, 4) is 6.07 Å². The van der Waals surface area contributed by atoms with Gasteiger partial charge in [-0.05, 0) is 57.9 Å². The van der Waals surface area contributed by atoms with Crippen LogP contribution in [-0.4, -0.2) is 20.5 Å². The van der Waals surface area contributed by atoms with Crippen LogP contribution in [0.1, 0.15) is 66.6 Å². The van der Waals surface area contributed by atoms with Crippen molar-refractivity contribution in [1.82, 2.24) is 14.8 Å². The van der Waals surface area contributed by atoms with Gasteiger partial charge in [-0.15, -0.1) is 11.3 Å². The average Bonchev–Trinajstić information content (AvgIpc) is 3.20. The minimum absolute atomic E-state index is 0.217. The molecule has 4 rings (SSSR count). The fourth-order valence-electron chi connectivity index (χ4n) is 3.14. The number of halogens is 1. The second kappa shape index (κ2) is 6.43. The number of Topliss-reactive ketones (excluding diaryl/α,β-unsaturated/α-hetero) is 1. The molecule has 1 unspecified atom stereocenters. The van der Waals surface area contributed by atoms with Crippen LogP contribution in [0.4, 0.5) is 0 Å². The topological polar surface area (TPSA) is 71.6 Å². The number of carbonyl (C=O) groups excluding carboxylic acids is 1. The first kappa shape index (κ1) is 18.1. The van der Waals surface area contributed by atoms with Crippen molar-refractivity contribution in [2.24, 2.45) is 0 Å². The molecule has 1 aliphatic rings. The Labute approximate surface area is 166 Å². The molecule has 0 bridgehead atoms. The van der Waals surface area contributed by atoms with Crippen molar-refractivity contribution in [3.63, 3.8) is 0 Å². The van der Waals surface area contributed by atoms with Crippen LogP contribution < -0.4 is 0 Å². The quantitative estimate of drug-likeness (QED) is 0.561. The van der Waals surface area contributed by atoms with Crippen LogP contribution in [0, 0.1) is 11.3 Å². The highest BCUT2D eigenvalue weighted by molar-refractivity contribution is 7.18. The molecule has 1 saturated carbocycles. The van der Waals surface area contributed by atoms with Gasteiger partial charge in [0.05, 0.1) is 21.8 Å². The molecular formula is C20H19ClN4OS. The van der Waals surface area contributed by atoms with Gasteiger partial charge >= 0.3 is 0 Å². The van der Waals surface area contributed by atoms with E-state index in [1.807, 2.05) is 16.8 Å². The Balaban J connectivity index is 1.72. The van der Waals surface area contributed by atoms with Crippen molar-refractivity contribution < 1.29 is 4.79 Å². The summed E-state index contributed by atoms with van der Waals surface area (Å²) in [5, 5.41) is 15.3. The van der Waals surface area contributed by atoms with Crippen LogP contribution in [0.25, 0.3) is 10.2 Å². The first-order valence-electron chi connectivity index (χ1n) is 8.88. The third-order valence-electron chi connectivity index (χ3n) is 4.62. The molecule has 0 spiro atoms. The highest BCUT2D eigenvalue weighted by Gasteiger charge is 2.34. The molecule has 27 heavy (non-hydrogen) atoms. The van der Waals surface area contributed by atoms with E-state index in [0.29, 0.717) is 27.2 Å². The number of ketones is 1. The van der Waals surface area contributed by atoms with Gasteiger partial charge in [0, 0.05) is 16.6 Å². The molecular weight excluding hydrogens is 380 g/mol. The maximum atomic E-state index is 13.1.